The molecule has 0 fully saturated rings. The summed E-state index contributed by atoms with van der Waals surface area (Å²) >= 11 is 0. The summed E-state index contributed by atoms with van der Waals surface area (Å²) in [5.74, 6) is -1.51. The van der Waals surface area contributed by atoms with E-state index in [9.17, 15) is 9.59 Å². The fourth-order valence-corrected chi connectivity index (χ4v) is 1.30. The van der Waals surface area contributed by atoms with Crippen LogP contribution in [0.4, 0.5) is 0 Å². The van der Waals surface area contributed by atoms with Crippen LogP contribution in [0.15, 0.2) is 0 Å². The maximum absolute atomic E-state index is 11.4. The number of carboxylic acids is 1. The highest BCUT2D eigenvalue weighted by Crippen LogP contribution is 2.11. The number of carbonyl (C=O) groups is 2. The van der Waals surface area contributed by atoms with Crippen LogP contribution in [-0.4, -0.2) is 39.0 Å². The minimum atomic E-state index is -1.21. The molecule has 0 aliphatic heterocycles. The molecule has 4 N–H and O–H groups in total. The predicted molar refractivity (Wildman–Crippen MR) is 53.7 cm³/mol. The zero-order chi connectivity index (χ0) is 12.3. The molecule has 0 radical (unpaired) electrons. The fraction of sp³-hybridized carbons (Fsp3) is 0.500. The van der Waals surface area contributed by atoms with Crippen LogP contribution in [0, 0.1) is 0 Å². The summed E-state index contributed by atoms with van der Waals surface area (Å²) in [7, 11) is 1.48. The van der Waals surface area contributed by atoms with Crippen molar-refractivity contribution < 1.29 is 14.7 Å². The molecule has 88 valence electrons. The largest absolute Gasteiger partial charge is 0.476 e. The molecule has 16 heavy (non-hydrogen) atoms. The summed E-state index contributed by atoms with van der Waals surface area (Å²) in [5.41, 5.74) is 5.42. The molecule has 1 atom stereocenters. The van der Waals surface area contributed by atoms with Crippen LogP contribution in [0.25, 0.3) is 0 Å². The van der Waals surface area contributed by atoms with Gasteiger partial charge < -0.3 is 16.2 Å². The maximum Gasteiger partial charge on any atom is 0.358 e. The van der Waals surface area contributed by atoms with Gasteiger partial charge in [0.1, 0.15) is 6.04 Å². The smallest absolute Gasteiger partial charge is 0.358 e. The lowest BCUT2D eigenvalue weighted by Crippen LogP contribution is -2.30. The summed E-state index contributed by atoms with van der Waals surface area (Å²) in [6.45, 7) is 1.54. The number of likely N-dealkylation sites (N-methyl/N-ethyl adjacent to an activating group) is 1. The Labute approximate surface area is 91.4 Å². The number of aromatic carboxylic acids is 1. The zero-order valence-corrected chi connectivity index (χ0v) is 8.97. The quantitative estimate of drug-likeness (QED) is 0.590. The van der Waals surface area contributed by atoms with Gasteiger partial charge in [0.05, 0.1) is 5.69 Å². The van der Waals surface area contributed by atoms with Gasteiger partial charge in [-0.3, -0.25) is 4.79 Å². The molecule has 0 aliphatic rings. The maximum atomic E-state index is 11.4. The van der Waals surface area contributed by atoms with Crippen molar-refractivity contribution in [3.05, 3.63) is 11.4 Å². The highest BCUT2D eigenvalue weighted by atomic mass is 16.4. The number of nitrogens with zero attached hydrogens (tertiary/aromatic N) is 3. The Morgan fingerprint density at radius 1 is 1.62 bits per heavy atom. The van der Waals surface area contributed by atoms with Gasteiger partial charge in [0.25, 0.3) is 0 Å². The third-order valence-corrected chi connectivity index (χ3v) is 2.18. The van der Waals surface area contributed by atoms with E-state index in [0.29, 0.717) is 0 Å². The summed E-state index contributed by atoms with van der Waals surface area (Å²) < 4.78 is 1.21. The Hall–Kier alpha value is -1.96. The molecule has 1 unspecified atom stereocenters. The Kier molecular flexibility index (Phi) is 3.56. The predicted octanol–water partition coefficient (Wildman–Crippen LogP) is -1.26. The molecule has 0 aliphatic carbocycles. The lowest BCUT2D eigenvalue weighted by atomic mass is 10.2. The first-order chi connectivity index (χ1) is 7.52. The number of nitrogens with one attached hydrogen (secondary N) is 1. The first kappa shape index (κ1) is 12.1. The number of rotatable bonds is 4. The number of hydrogen-bond donors (Lipinski definition) is 3. The second-order valence-electron chi connectivity index (χ2n) is 3.13. The SMILES string of the molecule is CNC(=O)C(C)n1nnc(C(=O)O)c1CN. The molecule has 0 bridgehead atoms. The number of amides is 1. The Morgan fingerprint density at radius 2 is 2.25 bits per heavy atom. The Bertz CT molecular complexity index is 414. The van der Waals surface area contributed by atoms with E-state index < -0.39 is 12.0 Å². The van der Waals surface area contributed by atoms with Crippen molar-refractivity contribution in [2.45, 2.75) is 19.5 Å². The molecule has 1 rings (SSSR count). The standard InChI is InChI=1S/C8H13N5O3/c1-4(7(14)10-2)13-5(3-9)6(8(15)16)11-12-13/h4H,3,9H2,1-2H3,(H,10,14)(H,15,16). The molecular formula is C8H13N5O3. The second kappa shape index (κ2) is 4.71. The van der Waals surface area contributed by atoms with Crippen molar-refractivity contribution in [1.29, 1.82) is 0 Å². The van der Waals surface area contributed by atoms with E-state index in [1.165, 1.54) is 11.7 Å². The molecule has 0 saturated carbocycles. The second-order valence-corrected chi connectivity index (χ2v) is 3.13. The van der Waals surface area contributed by atoms with Crippen LogP contribution < -0.4 is 11.1 Å². The van der Waals surface area contributed by atoms with Gasteiger partial charge in [-0.05, 0) is 6.92 Å². The van der Waals surface area contributed by atoms with Crippen molar-refractivity contribution in [3.8, 4) is 0 Å². The van der Waals surface area contributed by atoms with Gasteiger partial charge >= 0.3 is 5.97 Å². The molecule has 0 aromatic carbocycles. The van der Waals surface area contributed by atoms with E-state index >= 15 is 0 Å². The van der Waals surface area contributed by atoms with Gasteiger partial charge in [0.2, 0.25) is 5.91 Å². The molecule has 1 aromatic heterocycles. The van der Waals surface area contributed by atoms with Crippen LogP contribution in [0.1, 0.15) is 29.1 Å². The van der Waals surface area contributed by atoms with E-state index in [1.807, 2.05) is 0 Å². The third kappa shape index (κ3) is 2.01. The van der Waals surface area contributed by atoms with Crippen molar-refractivity contribution in [2.24, 2.45) is 5.73 Å². The first-order valence-electron chi connectivity index (χ1n) is 4.62. The van der Waals surface area contributed by atoms with Crippen LogP contribution >= 0.6 is 0 Å². The average molecular weight is 227 g/mol. The van der Waals surface area contributed by atoms with Crippen LogP contribution in [0.5, 0.6) is 0 Å². The number of aromatic nitrogens is 3. The number of carboxylic acid groups (broad SMARTS) is 1. The normalized spacial score (nSPS) is 12.2. The molecule has 0 saturated heterocycles. The first-order valence-corrected chi connectivity index (χ1v) is 4.62. The lowest BCUT2D eigenvalue weighted by molar-refractivity contribution is -0.123. The minimum Gasteiger partial charge on any atom is -0.476 e. The minimum absolute atomic E-state index is 0.0457. The highest BCUT2D eigenvalue weighted by Gasteiger charge is 2.23. The fourth-order valence-electron chi connectivity index (χ4n) is 1.30. The Morgan fingerprint density at radius 3 is 2.69 bits per heavy atom. The van der Waals surface area contributed by atoms with Crippen molar-refractivity contribution >= 4 is 11.9 Å². The monoisotopic (exact) mass is 227 g/mol. The summed E-state index contributed by atoms with van der Waals surface area (Å²) in [6, 6.07) is -0.649. The van der Waals surface area contributed by atoms with E-state index in [4.69, 9.17) is 10.8 Å². The molecule has 0 spiro atoms. The average Bonchev–Trinajstić information content (AvgIpc) is 2.70. The highest BCUT2D eigenvalue weighted by molar-refractivity contribution is 5.87. The lowest BCUT2D eigenvalue weighted by Gasteiger charge is -2.12. The molecule has 8 heteroatoms. The van der Waals surface area contributed by atoms with Crippen molar-refractivity contribution in [1.82, 2.24) is 20.3 Å². The van der Waals surface area contributed by atoms with Crippen LogP contribution in [0.2, 0.25) is 0 Å². The molecular weight excluding hydrogens is 214 g/mol. The van der Waals surface area contributed by atoms with Gasteiger partial charge in [-0.2, -0.15) is 0 Å². The van der Waals surface area contributed by atoms with E-state index in [0.717, 1.165) is 0 Å². The number of nitrogens with two attached hydrogens (primary N) is 1. The summed E-state index contributed by atoms with van der Waals surface area (Å²) in [5, 5.41) is 18.4. The van der Waals surface area contributed by atoms with Gasteiger partial charge in [0, 0.05) is 13.6 Å². The van der Waals surface area contributed by atoms with E-state index in [2.05, 4.69) is 15.6 Å². The number of hydrogen-bond acceptors (Lipinski definition) is 5. The van der Waals surface area contributed by atoms with Gasteiger partial charge in [-0.25, -0.2) is 9.48 Å². The molecule has 1 aromatic rings. The Balaban J connectivity index is 3.15. The number of carbonyl (C=O) groups excluding carboxylic acids is 1. The van der Waals surface area contributed by atoms with Crippen LogP contribution in [-0.2, 0) is 11.3 Å². The molecule has 8 nitrogen and oxygen atoms in total. The topological polar surface area (TPSA) is 123 Å². The van der Waals surface area contributed by atoms with Crippen molar-refractivity contribution in [2.75, 3.05) is 7.05 Å². The molecule has 1 heterocycles. The van der Waals surface area contributed by atoms with Gasteiger partial charge in [-0.1, -0.05) is 5.21 Å². The van der Waals surface area contributed by atoms with E-state index in [1.54, 1.807) is 6.92 Å². The molecule has 1 amide bonds. The van der Waals surface area contributed by atoms with Gasteiger partial charge in [-0.15, -0.1) is 5.10 Å². The van der Waals surface area contributed by atoms with E-state index in [-0.39, 0.29) is 23.8 Å². The zero-order valence-electron chi connectivity index (χ0n) is 8.97. The summed E-state index contributed by atoms with van der Waals surface area (Å²) in [4.78, 5) is 22.2. The van der Waals surface area contributed by atoms with Crippen molar-refractivity contribution in [3.63, 3.8) is 0 Å². The summed E-state index contributed by atoms with van der Waals surface area (Å²) in [6.07, 6.45) is 0. The van der Waals surface area contributed by atoms with Crippen LogP contribution in [0.3, 0.4) is 0 Å². The third-order valence-electron chi connectivity index (χ3n) is 2.18. The van der Waals surface area contributed by atoms with Gasteiger partial charge in [0.15, 0.2) is 5.69 Å².